The molecule has 4 heterocycles. The largest absolute Gasteiger partial charge is 0.508 e. The summed E-state index contributed by atoms with van der Waals surface area (Å²) in [5, 5.41) is 22.3. The van der Waals surface area contributed by atoms with E-state index in [1.165, 1.54) is 0 Å². The highest BCUT2D eigenvalue weighted by Gasteiger charge is 2.45. The number of aliphatic hydroxyl groups is 1. The Morgan fingerprint density at radius 3 is 2.87 bits per heavy atom. The second-order valence-corrected chi connectivity index (χ2v) is 8.56. The maximum Gasteiger partial charge on any atom is 0.343 e. The van der Waals surface area contributed by atoms with E-state index in [2.05, 4.69) is 0 Å². The Kier molecular flexibility index (Phi) is 3.54. The zero-order chi connectivity index (χ0) is 21.7. The number of esters is 1. The molecule has 0 saturated carbocycles. The van der Waals surface area contributed by atoms with Gasteiger partial charge in [-0.15, -0.1) is 0 Å². The number of hydrogen-bond donors (Lipinski definition) is 3. The van der Waals surface area contributed by atoms with Gasteiger partial charge in [0.2, 0.25) is 0 Å². The van der Waals surface area contributed by atoms with Crippen molar-refractivity contribution >= 4 is 16.9 Å². The van der Waals surface area contributed by atoms with Gasteiger partial charge in [0.25, 0.3) is 5.56 Å². The van der Waals surface area contributed by atoms with Gasteiger partial charge in [0.15, 0.2) is 5.60 Å². The van der Waals surface area contributed by atoms with Gasteiger partial charge in [0, 0.05) is 28.1 Å². The molecule has 3 aromatic rings. The number of nitrogens with two attached hydrogens (primary N) is 1. The van der Waals surface area contributed by atoms with E-state index < -0.39 is 11.6 Å². The Morgan fingerprint density at radius 2 is 2.10 bits per heavy atom. The number of aromatic nitrogens is 2. The van der Waals surface area contributed by atoms with Gasteiger partial charge in [-0.25, -0.2) is 9.78 Å². The summed E-state index contributed by atoms with van der Waals surface area (Å²) in [6, 6.07) is 4.81. The van der Waals surface area contributed by atoms with Crippen molar-refractivity contribution < 1.29 is 19.7 Å². The first-order valence-electron chi connectivity index (χ1n) is 10.4. The number of benzene rings is 1. The molecule has 31 heavy (non-hydrogen) atoms. The summed E-state index contributed by atoms with van der Waals surface area (Å²) in [5.74, 6) is -0.574. The molecule has 8 nitrogen and oxygen atoms in total. The van der Waals surface area contributed by atoms with Crippen molar-refractivity contribution in [1.82, 2.24) is 9.55 Å². The Bertz CT molecular complexity index is 1390. The Labute approximate surface area is 176 Å². The van der Waals surface area contributed by atoms with Crippen molar-refractivity contribution in [3.8, 4) is 17.1 Å². The van der Waals surface area contributed by atoms with Crippen LogP contribution in [0, 0.1) is 0 Å². The number of aromatic hydroxyl groups is 1. The quantitative estimate of drug-likeness (QED) is 0.401. The second kappa shape index (κ2) is 5.93. The van der Waals surface area contributed by atoms with Gasteiger partial charge >= 0.3 is 5.97 Å². The first-order valence-corrected chi connectivity index (χ1v) is 10.4. The van der Waals surface area contributed by atoms with Crippen LogP contribution < -0.4 is 11.3 Å². The monoisotopic (exact) mass is 419 g/mol. The van der Waals surface area contributed by atoms with Crippen molar-refractivity contribution in [3.63, 3.8) is 0 Å². The molecule has 0 amide bonds. The van der Waals surface area contributed by atoms with E-state index in [-0.39, 0.29) is 30.4 Å². The van der Waals surface area contributed by atoms with Gasteiger partial charge in [0.1, 0.15) is 12.4 Å². The van der Waals surface area contributed by atoms with E-state index in [1.54, 1.807) is 29.7 Å². The lowest BCUT2D eigenvalue weighted by molar-refractivity contribution is -0.172. The maximum atomic E-state index is 13.3. The fraction of sp³-hybridized carbons (Fsp3) is 0.348. The highest BCUT2D eigenvalue weighted by atomic mass is 16.6. The maximum absolute atomic E-state index is 13.3. The second-order valence-electron chi connectivity index (χ2n) is 8.56. The lowest BCUT2D eigenvalue weighted by Gasteiger charge is -2.31. The van der Waals surface area contributed by atoms with Gasteiger partial charge in [-0.1, -0.05) is 6.92 Å². The van der Waals surface area contributed by atoms with Gasteiger partial charge in [-0.05, 0) is 43.0 Å². The predicted octanol–water partition coefficient (Wildman–Crippen LogP) is 1.73. The molecule has 0 fully saturated rings. The molecule has 2 aromatic heterocycles. The fourth-order valence-corrected chi connectivity index (χ4v) is 5.38. The van der Waals surface area contributed by atoms with Crippen LogP contribution in [0.4, 0.5) is 0 Å². The first kappa shape index (κ1) is 18.5. The van der Waals surface area contributed by atoms with Crippen molar-refractivity contribution in [3.05, 3.63) is 56.4 Å². The van der Waals surface area contributed by atoms with Gasteiger partial charge in [-0.3, -0.25) is 4.79 Å². The minimum Gasteiger partial charge on any atom is -0.508 e. The number of hydrogen-bond acceptors (Lipinski definition) is 7. The lowest BCUT2D eigenvalue weighted by Crippen LogP contribution is -2.44. The number of aryl methyl sites for hydroxylation is 1. The molecule has 0 saturated heterocycles. The van der Waals surface area contributed by atoms with E-state index in [0.29, 0.717) is 46.6 Å². The average molecular weight is 419 g/mol. The number of phenolic OH excluding ortho intramolecular Hbond substituents is 1. The SMILES string of the molecule is CC[C@@]1(O)C(=O)OCc2c1cc1n(c2=O)Cc2c-1nc1ccc(O)c3c1c2CCC3N. The van der Waals surface area contributed by atoms with Crippen molar-refractivity contribution in [1.29, 1.82) is 0 Å². The molecule has 1 aliphatic carbocycles. The molecule has 1 unspecified atom stereocenters. The molecule has 3 aliphatic rings. The lowest BCUT2D eigenvalue weighted by atomic mass is 9.83. The summed E-state index contributed by atoms with van der Waals surface area (Å²) in [5.41, 5.74) is 9.42. The number of cyclic esters (lactones) is 1. The zero-order valence-electron chi connectivity index (χ0n) is 16.9. The standard InChI is InChI=1S/C23H21N3O5/c1-2-23(30)13-7-16-20-11(8-26(16)21(28)12(13)9-31-22(23)29)10-3-4-14(24)19-17(27)6-5-15(25-20)18(10)19/h5-7,14,27,30H,2-4,8-9,24H2,1H3/t14?,23-/m0/s1. The van der Waals surface area contributed by atoms with E-state index in [1.807, 2.05) is 0 Å². The van der Waals surface area contributed by atoms with Crippen LogP contribution >= 0.6 is 0 Å². The number of nitrogens with zero attached hydrogens (tertiary/aromatic N) is 2. The molecule has 6 rings (SSSR count). The van der Waals surface area contributed by atoms with E-state index in [9.17, 15) is 19.8 Å². The summed E-state index contributed by atoms with van der Waals surface area (Å²) in [4.78, 5) is 30.5. The van der Waals surface area contributed by atoms with Crippen LogP contribution in [0.1, 0.15) is 53.6 Å². The molecular weight excluding hydrogens is 398 g/mol. The van der Waals surface area contributed by atoms with Crippen LogP contribution in [0.5, 0.6) is 5.75 Å². The van der Waals surface area contributed by atoms with Crippen molar-refractivity contribution in [2.24, 2.45) is 5.73 Å². The van der Waals surface area contributed by atoms with Crippen LogP contribution in [0.25, 0.3) is 22.3 Å². The number of carbonyl (C=O) groups is 1. The molecule has 2 atom stereocenters. The van der Waals surface area contributed by atoms with Crippen LogP contribution in [-0.4, -0.2) is 25.7 Å². The fourth-order valence-electron chi connectivity index (χ4n) is 5.38. The number of phenols is 1. The summed E-state index contributed by atoms with van der Waals surface area (Å²) in [6.07, 6.45) is 1.52. The van der Waals surface area contributed by atoms with E-state index in [4.69, 9.17) is 15.5 Å². The normalized spacial score (nSPS) is 23.3. The summed E-state index contributed by atoms with van der Waals surface area (Å²) in [7, 11) is 0. The van der Waals surface area contributed by atoms with Crippen LogP contribution in [0.3, 0.4) is 0 Å². The number of ether oxygens (including phenoxy) is 1. The molecule has 4 N–H and O–H groups in total. The highest BCUT2D eigenvalue weighted by molar-refractivity contribution is 5.93. The number of fused-ring (bicyclic) bond motifs is 5. The number of rotatable bonds is 1. The Hall–Kier alpha value is -3.23. The predicted molar refractivity (Wildman–Crippen MR) is 111 cm³/mol. The van der Waals surface area contributed by atoms with Gasteiger partial charge in [0.05, 0.1) is 29.0 Å². The third-order valence-electron chi connectivity index (χ3n) is 7.06. The highest BCUT2D eigenvalue weighted by Crippen LogP contribution is 2.45. The summed E-state index contributed by atoms with van der Waals surface area (Å²) >= 11 is 0. The van der Waals surface area contributed by atoms with Crippen molar-refractivity contribution in [2.45, 2.75) is 51.0 Å². The van der Waals surface area contributed by atoms with E-state index in [0.717, 1.165) is 22.9 Å². The van der Waals surface area contributed by atoms with Crippen LogP contribution in [0.2, 0.25) is 0 Å². The number of carbonyl (C=O) groups excluding carboxylic acids is 1. The van der Waals surface area contributed by atoms with E-state index >= 15 is 0 Å². The molecule has 2 aliphatic heterocycles. The molecule has 158 valence electrons. The first-order chi connectivity index (χ1) is 14.8. The Morgan fingerprint density at radius 1 is 1.29 bits per heavy atom. The van der Waals surface area contributed by atoms with Gasteiger partial charge in [-0.2, -0.15) is 0 Å². The average Bonchev–Trinajstić information content (AvgIpc) is 3.13. The summed E-state index contributed by atoms with van der Waals surface area (Å²) in [6.45, 7) is 1.88. The molecule has 0 radical (unpaired) electrons. The topological polar surface area (TPSA) is 128 Å². The summed E-state index contributed by atoms with van der Waals surface area (Å²) < 4.78 is 6.76. The minimum atomic E-state index is -1.85. The number of pyridine rings is 2. The third-order valence-corrected chi connectivity index (χ3v) is 7.06. The van der Waals surface area contributed by atoms with Crippen LogP contribution in [-0.2, 0) is 34.7 Å². The molecule has 0 bridgehead atoms. The third kappa shape index (κ3) is 2.18. The van der Waals surface area contributed by atoms with Gasteiger partial charge < -0.3 is 25.3 Å². The Balaban J connectivity index is 1.67. The molecule has 0 spiro atoms. The van der Waals surface area contributed by atoms with Crippen LogP contribution in [0.15, 0.2) is 23.0 Å². The molecular formula is C23H21N3O5. The minimum absolute atomic E-state index is 0.103. The molecule has 8 heteroatoms. The molecule has 1 aromatic carbocycles. The zero-order valence-corrected chi connectivity index (χ0v) is 16.9. The van der Waals surface area contributed by atoms with Crippen molar-refractivity contribution in [2.75, 3.05) is 0 Å². The smallest absolute Gasteiger partial charge is 0.343 e.